The van der Waals surface area contributed by atoms with Crippen LogP contribution in [0.1, 0.15) is 57.9 Å². The Hall–Kier alpha value is -2.06. The summed E-state index contributed by atoms with van der Waals surface area (Å²) >= 11 is 0. The fraction of sp³-hybridized carbons (Fsp3) is 0.692. The lowest BCUT2D eigenvalue weighted by molar-refractivity contribution is -0.188. The second kappa shape index (κ2) is 9.19. The molecule has 1 amide bonds. The number of carbonyl (C=O) groups is 1. The summed E-state index contributed by atoms with van der Waals surface area (Å²) < 4.78 is 32.6. The van der Waals surface area contributed by atoms with Gasteiger partial charge in [0.15, 0.2) is 0 Å². The highest BCUT2D eigenvalue weighted by Crippen LogP contribution is 2.51. The first-order valence-electron chi connectivity index (χ1n) is 12.8. The van der Waals surface area contributed by atoms with Crippen molar-refractivity contribution in [2.24, 2.45) is 11.3 Å². The van der Waals surface area contributed by atoms with Crippen LogP contribution < -0.4 is 5.32 Å². The Morgan fingerprint density at radius 2 is 1.82 bits per heavy atom. The number of fused-ring (bicyclic) bond motifs is 1. The number of likely N-dealkylation sites (tertiary alicyclic amines) is 2. The lowest BCUT2D eigenvalue weighted by Crippen LogP contribution is -2.59. The standard InChI is InChI=1S/C26H37F2N5O/c1-19(34)29-22-5-8-24-21(15-22)17-33(30-24)23-6-3-20(4-7-23)16-32-14-11-25(26(27,28)18-32)9-12-31(2)13-10-25/h5,8,15,17,20,23H,3-4,6-7,9-14,16,18H2,1-2H3,(H,29,34). The van der Waals surface area contributed by atoms with Crippen molar-refractivity contribution >= 4 is 22.5 Å². The number of hydrogen-bond acceptors (Lipinski definition) is 4. The van der Waals surface area contributed by atoms with E-state index in [-0.39, 0.29) is 12.5 Å². The third-order valence-corrected chi connectivity index (χ3v) is 8.60. The summed E-state index contributed by atoms with van der Waals surface area (Å²) in [6.45, 7) is 4.61. The van der Waals surface area contributed by atoms with Gasteiger partial charge in [-0.1, -0.05) is 0 Å². The van der Waals surface area contributed by atoms with E-state index >= 15 is 8.78 Å². The molecule has 5 rings (SSSR count). The van der Waals surface area contributed by atoms with Gasteiger partial charge in [0.05, 0.1) is 18.1 Å². The number of nitrogens with one attached hydrogen (secondary N) is 1. The van der Waals surface area contributed by atoms with Crippen LogP contribution in [0.25, 0.3) is 10.9 Å². The third kappa shape index (κ3) is 4.71. The number of carbonyl (C=O) groups excluding carboxylic acids is 1. The third-order valence-electron chi connectivity index (χ3n) is 8.60. The van der Waals surface area contributed by atoms with Crippen LogP contribution in [-0.4, -0.2) is 71.2 Å². The molecule has 0 unspecified atom stereocenters. The Labute approximate surface area is 200 Å². The molecule has 1 aliphatic carbocycles. The number of hydrogen-bond donors (Lipinski definition) is 1. The van der Waals surface area contributed by atoms with Crippen LogP contribution in [0.3, 0.4) is 0 Å². The average Bonchev–Trinajstić information content (AvgIpc) is 3.21. The van der Waals surface area contributed by atoms with E-state index in [4.69, 9.17) is 5.10 Å². The van der Waals surface area contributed by atoms with Crippen LogP contribution in [0.4, 0.5) is 14.5 Å². The van der Waals surface area contributed by atoms with E-state index in [1.807, 2.05) is 30.1 Å². The highest BCUT2D eigenvalue weighted by atomic mass is 19.3. The summed E-state index contributed by atoms with van der Waals surface area (Å²) in [6, 6.07) is 6.12. The molecule has 3 aliphatic rings. The predicted octanol–water partition coefficient (Wildman–Crippen LogP) is 4.78. The number of amides is 1. The minimum absolute atomic E-state index is 0.0716. The van der Waals surface area contributed by atoms with Crippen molar-refractivity contribution < 1.29 is 13.6 Å². The Balaban J connectivity index is 1.15. The SMILES string of the molecule is CC(=O)Nc1ccc2nn(C3CCC(CN4CCC5(CCN(C)CC5)C(F)(F)C4)CC3)cc2c1. The summed E-state index contributed by atoms with van der Waals surface area (Å²) in [7, 11) is 2.03. The van der Waals surface area contributed by atoms with Crippen LogP contribution >= 0.6 is 0 Å². The van der Waals surface area contributed by atoms with Gasteiger partial charge in [-0.25, -0.2) is 8.78 Å². The summed E-state index contributed by atoms with van der Waals surface area (Å²) in [5, 5.41) is 8.60. The van der Waals surface area contributed by atoms with Crippen molar-refractivity contribution in [1.29, 1.82) is 0 Å². The number of rotatable bonds is 4. The van der Waals surface area contributed by atoms with Gasteiger partial charge in [0, 0.05) is 36.2 Å². The van der Waals surface area contributed by atoms with Gasteiger partial charge in [0.25, 0.3) is 5.92 Å². The first kappa shape index (κ1) is 23.7. The molecule has 3 heterocycles. The van der Waals surface area contributed by atoms with Crippen molar-refractivity contribution in [3.8, 4) is 0 Å². The zero-order chi connectivity index (χ0) is 23.9. The van der Waals surface area contributed by atoms with Crippen LogP contribution in [0, 0.1) is 11.3 Å². The number of benzene rings is 1. The molecule has 186 valence electrons. The molecule has 1 aromatic carbocycles. The molecule has 0 atom stereocenters. The Kier molecular flexibility index (Phi) is 6.40. The maximum Gasteiger partial charge on any atom is 0.266 e. The van der Waals surface area contributed by atoms with Crippen LogP contribution in [-0.2, 0) is 4.79 Å². The Morgan fingerprint density at radius 1 is 1.12 bits per heavy atom. The fourth-order valence-electron chi connectivity index (χ4n) is 6.37. The molecule has 2 saturated heterocycles. The first-order valence-corrected chi connectivity index (χ1v) is 12.8. The molecular weight excluding hydrogens is 436 g/mol. The van der Waals surface area contributed by atoms with Gasteiger partial charge in [0.1, 0.15) is 0 Å². The summed E-state index contributed by atoms with van der Waals surface area (Å²) in [5.41, 5.74) is 0.925. The molecule has 2 aromatic rings. The molecule has 8 heteroatoms. The van der Waals surface area contributed by atoms with Crippen molar-refractivity contribution in [3.05, 3.63) is 24.4 Å². The minimum Gasteiger partial charge on any atom is -0.326 e. The van der Waals surface area contributed by atoms with E-state index in [0.717, 1.165) is 68.5 Å². The lowest BCUT2D eigenvalue weighted by Gasteiger charge is -2.51. The number of piperidine rings is 2. The molecule has 1 N–H and O–H groups in total. The van der Waals surface area contributed by atoms with Gasteiger partial charge in [-0.2, -0.15) is 5.10 Å². The van der Waals surface area contributed by atoms with E-state index in [9.17, 15) is 4.79 Å². The molecule has 1 saturated carbocycles. The van der Waals surface area contributed by atoms with Crippen molar-refractivity contribution in [3.63, 3.8) is 0 Å². The normalized spacial score (nSPS) is 27.8. The van der Waals surface area contributed by atoms with Crippen LogP contribution in [0.2, 0.25) is 0 Å². The molecule has 0 radical (unpaired) electrons. The molecule has 6 nitrogen and oxygen atoms in total. The fourth-order valence-corrected chi connectivity index (χ4v) is 6.37. The average molecular weight is 474 g/mol. The van der Waals surface area contributed by atoms with E-state index < -0.39 is 11.3 Å². The molecular formula is C26H37F2N5O. The van der Waals surface area contributed by atoms with Gasteiger partial charge in [0.2, 0.25) is 5.91 Å². The van der Waals surface area contributed by atoms with Crippen molar-refractivity contribution in [2.45, 2.75) is 63.8 Å². The maximum atomic E-state index is 15.3. The zero-order valence-corrected chi connectivity index (χ0v) is 20.4. The zero-order valence-electron chi connectivity index (χ0n) is 20.4. The summed E-state index contributed by atoms with van der Waals surface area (Å²) in [4.78, 5) is 15.5. The van der Waals surface area contributed by atoms with Crippen LogP contribution in [0.15, 0.2) is 24.4 Å². The highest BCUT2D eigenvalue weighted by molar-refractivity contribution is 5.92. The van der Waals surface area contributed by atoms with Gasteiger partial charge in [-0.15, -0.1) is 0 Å². The largest absolute Gasteiger partial charge is 0.326 e. The summed E-state index contributed by atoms with van der Waals surface area (Å²) in [5.74, 6) is -2.19. The minimum atomic E-state index is -2.59. The van der Waals surface area contributed by atoms with Gasteiger partial charge in [-0.3, -0.25) is 14.4 Å². The Morgan fingerprint density at radius 3 is 2.50 bits per heavy atom. The number of halogens is 2. The summed E-state index contributed by atoms with van der Waals surface area (Å²) in [6.07, 6.45) is 8.10. The van der Waals surface area contributed by atoms with Gasteiger partial charge >= 0.3 is 0 Å². The van der Waals surface area contributed by atoms with Crippen molar-refractivity contribution in [1.82, 2.24) is 19.6 Å². The first-order chi connectivity index (χ1) is 16.2. The molecule has 1 aromatic heterocycles. The predicted molar refractivity (Wildman–Crippen MR) is 130 cm³/mol. The molecule has 34 heavy (non-hydrogen) atoms. The monoisotopic (exact) mass is 473 g/mol. The van der Waals surface area contributed by atoms with E-state index in [1.165, 1.54) is 6.92 Å². The highest BCUT2D eigenvalue weighted by Gasteiger charge is 2.56. The van der Waals surface area contributed by atoms with Crippen LogP contribution in [0.5, 0.6) is 0 Å². The second-order valence-corrected chi connectivity index (χ2v) is 11.0. The molecule has 2 aliphatic heterocycles. The number of anilines is 1. The quantitative estimate of drug-likeness (QED) is 0.695. The molecule has 3 fully saturated rings. The van der Waals surface area contributed by atoms with E-state index in [2.05, 4.69) is 21.1 Å². The second-order valence-electron chi connectivity index (χ2n) is 11.0. The number of alkyl halides is 2. The molecule has 0 bridgehead atoms. The number of aromatic nitrogens is 2. The van der Waals surface area contributed by atoms with E-state index in [0.29, 0.717) is 31.2 Å². The van der Waals surface area contributed by atoms with Gasteiger partial charge in [-0.05, 0) is 95.7 Å². The number of nitrogens with zero attached hydrogens (tertiary/aromatic N) is 4. The Bertz CT molecular complexity index is 1020. The topological polar surface area (TPSA) is 53.4 Å². The van der Waals surface area contributed by atoms with Crippen molar-refractivity contribution in [2.75, 3.05) is 45.1 Å². The van der Waals surface area contributed by atoms with E-state index in [1.54, 1.807) is 0 Å². The molecule has 1 spiro atoms. The lowest BCUT2D eigenvalue weighted by atomic mass is 9.68. The smallest absolute Gasteiger partial charge is 0.266 e. The maximum absolute atomic E-state index is 15.3. The van der Waals surface area contributed by atoms with Gasteiger partial charge < -0.3 is 10.2 Å².